The van der Waals surface area contributed by atoms with Gasteiger partial charge in [-0.1, -0.05) is 13.0 Å². The van der Waals surface area contributed by atoms with Crippen molar-refractivity contribution in [2.45, 2.75) is 24.8 Å². The van der Waals surface area contributed by atoms with E-state index in [9.17, 15) is 13.2 Å². The molecular weight excluding hydrogens is 402 g/mol. The van der Waals surface area contributed by atoms with E-state index in [4.69, 9.17) is 4.74 Å². The number of sulfonamides is 1. The summed E-state index contributed by atoms with van der Waals surface area (Å²) in [5, 5.41) is 5.99. The predicted octanol–water partition coefficient (Wildman–Crippen LogP) is 2.65. The van der Waals surface area contributed by atoms with E-state index >= 15 is 0 Å². The number of likely N-dealkylation sites (N-methyl/N-ethyl adjacent to an activating group) is 1. The van der Waals surface area contributed by atoms with E-state index in [0.717, 1.165) is 6.54 Å². The smallest absolute Gasteiger partial charge is 0.261 e. The van der Waals surface area contributed by atoms with Crippen molar-refractivity contribution in [2.75, 3.05) is 24.9 Å². The summed E-state index contributed by atoms with van der Waals surface area (Å²) in [5.74, 6) is 0.310. The van der Waals surface area contributed by atoms with Crippen molar-refractivity contribution in [3.05, 3.63) is 54.1 Å². The van der Waals surface area contributed by atoms with Gasteiger partial charge in [0, 0.05) is 23.8 Å². The van der Waals surface area contributed by atoms with Crippen LogP contribution in [-0.4, -0.2) is 40.6 Å². The minimum atomic E-state index is -3.81. The highest BCUT2D eigenvalue weighted by molar-refractivity contribution is 7.92. The maximum Gasteiger partial charge on any atom is 0.261 e. The average Bonchev–Trinajstić information content (AvgIpc) is 2.67. The minimum Gasteiger partial charge on any atom is -0.497 e. The molecule has 28 heavy (non-hydrogen) atoms. The van der Waals surface area contributed by atoms with E-state index in [0.29, 0.717) is 18.0 Å². The Morgan fingerprint density at radius 2 is 1.82 bits per heavy atom. The minimum absolute atomic E-state index is 0. The number of hydrogen-bond donors (Lipinski definition) is 3. The number of rotatable bonds is 9. The van der Waals surface area contributed by atoms with E-state index < -0.39 is 10.0 Å². The van der Waals surface area contributed by atoms with Crippen molar-refractivity contribution >= 4 is 34.0 Å². The van der Waals surface area contributed by atoms with Crippen LogP contribution < -0.4 is 20.1 Å². The molecule has 0 bridgehead atoms. The lowest BCUT2D eigenvalue weighted by atomic mass is 10.2. The Morgan fingerprint density at radius 3 is 2.43 bits per heavy atom. The van der Waals surface area contributed by atoms with Gasteiger partial charge in [-0.05, 0) is 55.9 Å². The molecule has 7 nitrogen and oxygen atoms in total. The van der Waals surface area contributed by atoms with Crippen molar-refractivity contribution in [3.8, 4) is 5.75 Å². The molecule has 0 aliphatic carbocycles. The summed E-state index contributed by atoms with van der Waals surface area (Å²) in [7, 11) is -2.28. The molecule has 0 aliphatic heterocycles. The lowest BCUT2D eigenvalue weighted by Gasteiger charge is -2.14. The molecule has 0 unspecified atom stereocenters. The first kappa shape index (κ1) is 23.7. The summed E-state index contributed by atoms with van der Waals surface area (Å²) in [5.41, 5.74) is 0.696. The summed E-state index contributed by atoms with van der Waals surface area (Å²) in [6.07, 6.45) is 0. The Bertz CT molecular complexity index is 873. The fourth-order valence-electron chi connectivity index (χ4n) is 2.45. The lowest BCUT2D eigenvalue weighted by molar-refractivity contribution is 0.0950. The second kappa shape index (κ2) is 10.9. The number of ether oxygens (including phenoxy) is 1. The molecule has 0 aliphatic rings. The van der Waals surface area contributed by atoms with Gasteiger partial charge in [0.2, 0.25) is 0 Å². The summed E-state index contributed by atoms with van der Waals surface area (Å²) in [6.45, 7) is 5.21. The van der Waals surface area contributed by atoms with E-state index in [1.54, 1.807) is 36.4 Å². The summed E-state index contributed by atoms with van der Waals surface area (Å²) in [6, 6.07) is 12.6. The third kappa shape index (κ3) is 6.70. The van der Waals surface area contributed by atoms with Crippen molar-refractivity contribution < 1.29 is 17.9 Å². The molecule has 0 saturated carbocycles. The highest BCUT2D eigenvalue weighted by atomic mass is 35.5. The molecular formula is C19H26ClN3O4S. The van der Waals surface area contributed by atoms with Gasteiger partial charge in [0.15, 0.2) is 0 Å². The molecule has 0 saturated heterocycles. The molecule has 1 amide bonds. The topological polar surface area (TPSA) is 96.5 Å². The Labute approximate surface area is 172 Å². The number of nitrogens with one attached hydrogen (secondary N) is 3. The van der Waals surface area contributed by atoms with Crippen LogP contribution >= 0.6 is 12.4 Å². The summed E-state index contributed by atoms with van der Waals surface area (Å²) < 4.78 is 32.7. The molecule has 2 rings (SSSR count). The van der Waals surface area contributed by atoms with Gasteiger partial charge in [0.1, 0.15) is 5.75 Å². The van der Waals surface area contributed by atoms with Crippen LogP contribution in [0.15, 0.2) is 53.4 Å². The molecule has 0 spiro atoms. The SMILES string of the molecule is CCN[C@H](C)CNC(=O)c1cccc(S(=O)(=O)Nc2ccc(OC)cc2)c1.Cl. The molecule has 9 heteroatoms. The van der Waals surface area contributed by atoms with E-state index in [1.165, 1.54) is 19.2 Å². The summed E-state index contributed by atoms with van der Waals surface area (Å²) >= 11 is 0. The molecule has 3 N–H and O–H groups in total. The summed E-state index contributed by atoms with van der Waals surface area (Å²) in [4.78, 5) is 12.3. The van der Waals surface area contributed by atoms with Crippen LogP contribution in [0, 0.1) is 0 Å². The maximum absolute atomic E-state index is 12.6. The van der Waals surface area contributed by atoms with Crippen LogP contribution in [0.3, 0.4) is 0 Å². The number of carbonyl (C=O) groups is 1. The molecule has 0 fully saturated rings. The van der Waals surface area contributed by atoms with Gasteiger partial charge in [-0.25, -0.2) is 8.42 Å². The number of methoxy groups -OCH3 is 1. The van der Waals surface area contributed by atoms with Crippen LogP contribution in [0.2, 0.25) is 0 Å². The fraction of sp³-hybridized carbons (Fsp3) is 0.316. The van der Waals surface area contributed by atoms with Crippen LogP contribution in [0.25, 0.3) is 0 Å². The van der Waals surface area contributed by atoms with Crippen LogP contribution in [0.4, 0.5) is 5.69 Å². The second-order valence-corrected chi connectivity index (χ2v) is 7.71. The number of halogens is 1. The largest absolute Gasteiger partial charge is 0.497 e. The first-order chi connectivity index (χ1) is 12.9. The van der Waals surface area contributed by atoms with Crippen LogP contribution in [0.5, 0.6) is 5.75 Å². The van der Waals surface area contributed by atoms with Gasteiger partial charge in [-0.2, -0.15) is 0 Å². The highest BCUT2D eigenvalue weighted by Crippen LogP contribution is 2.20. The number of amides is 1. The van der Waals surface area contributed by atoms with Gasteiger partial charge in [-0.15, -0.1) is 12.4 Å². The van der Waals surface area contributed by atoms with Gasteiger partial charge in [0.05, 0.1) is 12.0 Å². The van der Waals surface area contributed by atoms with Crippen molar-refractivity contribution in [1.29, 1.82) is 0 Å². The van der Waals surface area contributed by atoms with Crippen molar-refractivity contribution in [3.63, 3.8) is 0 Å². The number of anilines is 1. The third-order valence-corrected chi connectivity index (χ3v) is 5.25. The second-order valence-electron chi connectivity index (χ2n) is 6.03. The molecule has 0 radical (unpaired) electrons. The van der Waals surface area contributed by atoms with E-state index in [2.05, 4.69) is 15.4 Å². The zero-order valence-corrected chi connectivity index (χ0v) is 17.7. The van der Waals surface area contributed by atoms with Gasteiger partial charge in [0.25, 0.3) is 15.9 Å². The third-order valence-electron chi connectivity index (χ3n) is 3.87. The molecule has 2 aromatic rings. The molecule has 0 heterocycles. The van der Waals surface area contributed by atoms with Crippen LogP contribution in [0.1, 0.15) is 24.2 Å². The van der Waals surface area contributed by atoms with Gasteiger partial charge >= 0.3 is 0 Å². The quantitative estimate of drug-likeness (QED) is 0.571. The zero-order chi connectivity index (χ0) is 19.9. The normalized spacial score (nSPS) is 11.8. The highest BCUT2D eigenvalue weighted by Gasteiger charge is 2.17. The molecule has 2 aromatic carbocycles. The van der Waals surface area contributed by atoms with Crippen molar-refractivity contribution in [2.24, 2.45) is 0 Å². The van der Waals surface area contributed by atoms with Crippen molar-refractivity contribution in [1.82, 2.24) is 10.6 Å². The number of hydrogen-bond acceptors (Lipinski definition) is 5. The van der Waals surface area contributed by atoms with E-state index in [1.807, 2.05) is 13.8 Å². The van der Waals surface area contributed by atoms with Crippen LogP contribution in [-0.2, 0) is 10.0 Å². The Morgan fingerprint density at radius 1 is 1.14 bits per heavy atom. The van der Waals surface area contributed by atoms with Gasteiger partial charge in [-0.3, -0.25) is 9.52 Å². The monoisotopic (exact) mass is 427 g/mol. The Kier molecular flexibility index (Phi) is 9.24. The first-order valence-corrected chi connectivity index (χ1v) is 10.1. The lowest BCUT2D eigenvalue weighted by Crippen LogP contribution is -2.38. The maximum atomic E-state index is 12.6. The predicted molar refractivity (Wildman–Crippen MR) is 113 cm³/mol. The standard InChI is InChI=1S/C19H25N3O4S.ClH/c1-4-20-14(2)13-21-19(23)15-6-5-7-18(12-15)27(24,25)22-16-8-10-17(26-3)11-9-16;/h5-12,14,20,22H,4,13H2,1-3H3,(H,21,23);1H/t14-;/m1./s1. The number of benzene rings is 2. The molecule has 0 aromatic heterocycles. The molecule has 154 valence electrons. The average molecular weight is 428 g/mol. The Hall–Kier alpha value is -2.29. The fourth-order valence-corrected chi connectivity index (χ4v) is 3.55. The van der Waals surface area contributed by atoms with Gasteiger partial charge < -0.3 is 15.4 Å². The first-order valence-electron chi connectivity index (χ1n) is 8.64. The van der Waals surface area contributed by atoms with E-state index in [-0.39, 0.29) is 34.8 Å². The molecule has 1 atom stereocenters. The zero-order valence-electron chi connectivity index (χ0n) is 16.1. The number of carbonyl (C=O) groups excluding carboxylic acids is 1. The Balaban J connectivity index is 0.00000392.